The zero-order chi connectivity index (χ0) is 42.1. The SMILES string of the molecule is CCCCCCCCn1c2ccc(C3(c4ccc5c(c4)c4ccc(CC)cc4n5CCCCCCCC)c4cc(Br)ccc4-c4cccc(Br)c43)cc2c2ccc(CC)cc21. The number of hydrogen-bond donors (Lipinski definition) is 0. The van der Waals surface area contributed by atoms with Gasteiger partial charge in [0.05, 0.1) is 5.41 Å². The number of halogens is 2. The highest BCUT2D eigenvalue weighted by molar-refractivity contribution is 9.10. The average Bonchev–Trinajstić information content (AvgIpc) is 3.88. The van der Waals surface area contributed by atoms with Gasteiger partial charge >= 0.3 is 0 Å². The molecule has 0 spiro atoms. The molecular formula is C57H62Br2N2. The minimum absolute atomic E-state index is 0.564. The molecule has 61 heavy (non-hydrogen) atoms. The van der Waals surface area contributed by atoms with Gasteiger partial charge in [-0.2, -0.15) is 0 Å². The second-order valence-corrected chi connectivity index (χ2v) is 19.6. The zero-order valence-corrected chi connectivity index (χ0v) is 40.0. The molecule has 9 rings (SSSR count). The number of aromatic nitrogens is 2. The number of rotatable bonds is 18. The molecule has 0 aliphatic heterocycles. The molecule has 4 heteroatoms. The van der Waals surface area contributed by atoms with Gasteiger partial charge in [-0.25, -0.2) is 0 Å². The maximum atomic E-state index is 4.20. The van der Waals surface area contributed by atoms with Crippen molar-refractivity contribution >= 4 is 75.5 Å². The Balaban J connectivity index is 1.27. The summed E-state index contributed by atoms with van der Waals surface area (Å²) in [5, 5.41) is 5.41. The predicted molar refractivity (Wildman–Crippen MR) is 271 cm³/mol. The summed E-state index contributed by atoms with van der Waals surface area (Å²) < 4.78 is 7.53. The number of benzene rings is 6. The van der Waals surface area contributed by atoms with Crippen LogP contribution in [0.25, 0.3) is 54.7 Å². The molecule has 6 aromatic carbocycles. The minimum Gasteiger partial charge on any atom is -0.340 e. The van der Waals surface area contributed by atoms with Crippen molar-refractivity contribution in [3.63, 3.8) is 0 Å². The highest BCUT2D eigenvalue weighted by Gasteiger charge is 2.48. The molecule has 0 N–H and O–H groups in total. The van der Waals surface area contributed by atoms with E-state index in [2.05, 4.69) is 178 Å². The average molecular weight is 935 g/mol. The summed E-state index contributed by atoms with van der Waals surface area (Å²) in [6.07, 6.45) is 17.6. The quantitative estimate of drug-likeness (QED) is 0.0759. The van der Waals surface area contributed by atoms with Crippen molar-refractivity contribution < 1.29 is 0 Å². The van der Waals surface area contributed by atoms with Crippen molar-refractivity contribution in [2.24, 2.45) is 0 Å². The van der Waals surface area contributed by atoms with Crippen molar-refractivity contribution in [2.75, 3.05) is 0 Å². The third-order valence-electron chi connectivity index (χ3n) is 14.1. The van der Waals surface area contributed by atoms with E-state index in [1.54, 1.807) is 0 Å². The smallest absolute Gasteiger partial charge is 0.0725 e. The third-order valence-corrected chi connectivity index (χ3v) is 15.2. The van der Waals surface area contributed by atoms with Gasteiger partial charge in [-0.1, -0.05) is 178 Å². The van der Waals surface area contributed by atoms with Crippen LogP contribution in [0.4, 0.5) is 0 Å². The summed E-state index contributed by atoms with van der Waals surface area (Å²) in [4.78, 5) is 0. The molecule has 0 radical (unpaired) electrons. The van der Waals surface area contributed by atoms with Crippen LogP contribution in [0.1, 0.15) is 138 Å². The van der Waals surface area contributed by atoms with Crippen LogP contribution >= 0.6 is 31.9 Å². The van der Waals surface area contributed by atoms with Crippen LogP contribution in [0.2, 0.25) is 0 Å². The summed E-state index contributed by atoms with van der Waals surface area (Å²) >= 11 is 8.17. The number of hydrogen-bond acceptors (Lipinski definition) is 0. The number of fused-ring (bicyclic) bond motifs is 9. The zero-order valence-electron chi connectivity index (χ0n) is 36.9. The van der Waals surface area contributed by atoms with E-state index in [0.717, 1.165) is 34.9 Å². The van der Waals surface area contributed by atoms with E-state index in [1.165, 1.54) is 165 Å². The fraction of sp³-hybridized carbons (Fsp3) is 0.368. The van der Waals surface area contributed by atoms with Crippen LogP contribution in [-0.4, -0.2) is 9.13 Å². The van der Waals surface area contributed by atoms with E-state index in [-0.39, 0.29) is 0 Å². The first-order chi connectivity index (χ1) is 29.9. The fourth-order valence-corrected chi connectivity index (χ4v) is 11.9. The van der Waals surface area contributed by atoms with Crippen LogP contribution in [0.5, 0.6) is 0 Å². The molecule has 0 unspecified atom stereocenters. The molecule has 2 nitrogen and oxygen atoms in total. The fourth-order valence-electron chi connectivity index (χ4n) is 10.9. The largest absolute Gasteiger partial charge is 0.340 e. The summed E-state index contributed by atoms with van der Waals surface area (Å²) in [5.74, 6) is 0. The van der Waals surface area contributed by atoms with Crippen LogP contribution in [0.3, 0.4) is 0 Å². The lowest BCUT2D eigenvalue weighted by atomic mass is 9.67. The van der Waals surface area contributed by atoms with Crippen LogP contribution in [-0.2, 0) is 31.3 Å². The normalized spacial score (nSPS) is 13.3. The van der Waals surface area contributed by atoms with Crippen molar-refractivity contribution in [3.8, 4) is 11.1 Å². The van der Waals surface area contributed by atoms with E-state index < -0.39 is 5.41 Å². The molecule has 8 aromatic rings. The van der Waals surface area contributed by atoms with Gasteiger partial charge in [0, 0.05) is 65.6 Å². The molecule has 1 aliphatic rings. The van der Waals surface area contributed by atoms with Gasteiger partial charge in [-0.3, -0.25) is 0 Å². The molecule has 0 atom stereocenters. The topological polar surface area (TPSA) is 9.86 Å². The Kier molecular flexibility index (Phi) is 12.7. The Labute approximate surface area is 381 Å². The lowest BCUT2D eigenvalue weighted by molar-refractivity contribution is 0.571. The maximum absolute atomic E-state index is 4.20. The van der Waals surface area contributed by atoms with E-state index in [4.69, 9.17) is 0 Å². The molecular weight excluding hydrogens is 872 g/mol. The summed E-state index contributed by atoms with van der Waals surface area (Å²) in [6, 6.07) is 43.2. The van der Waals surface area contributed by atoms with Crippen molar-refractivity contribution in [2.45, 2.75) is 136 Å². The molecule has 314 valence electrons. The monoisotopic (exact) mass is 932 g/mol. The molecule has 0 saturated heterocycles. The molecule has 0 saturated carbocycles. The predicted octanol–water partition coefficient (Wildman–Crippen LogP) is 17.6. The molecule has 2 heterocycles. The second kappa shape index (κ2) is 18.3. The first-order valence-corrected chi connectivity index (χ1v) is 25.2. The lowest BCUT2D eigenvalue weighted by Gasteiger charge is -2.35. The molecule has 0 fully saturated rings. The van der Waals surface area contributed by atoms with Gasteiger partial charge < -0.3 is 9.13 Å². The van der Waals surface area contributed by atoms with Gasteiger partial charge in [0.1, 0.15) is 0 Å². The van der Waals surface area contributed by atoms with Crippen molar-refractivity contribution in [1.82, 2.24) is 9.13 Å². The highest BCUT2D eigenvalue weighted by Crippen LogP contribution is 2.59. The van der Waals surface area contributed by atoms with E-state index >= 15 is 0 Å². The van der Waals surface area contributed by atoms with E-state index in [1.807, 2.05) is 0 Å². The Hall–Kier alpha value is -4.12. The molecule has 2 aromatic heterocycles. The Bertz CT molecular complexity index is 2710. The number of unbranched alkanes of at least 4 members (excludes halogenated alkanes) is 10. The highest BCUT2D eigenvalue weighted by atomic mass is 79.9. The summed E-state index contributed by atoms with van der Waals surface area (Å²) in [7, 11) is 0. The van der Waals surface area contributed by atoms with E-state index in [9.17, 15) is 0 Å². The maximum Gasteiger partial charge on any atom is 0.0725 e. The molecule has 0 bridgehead atoms. The molecule has 0 amide bonds. The van der Waals surface area contributed by atoms with Gasteiger partial charge in [-0.05, 0) is 125 Å². The Morgan fingerprint density at radius 2 is 0.967 bits per heavy atom. The van der Waals surface area contributed by atoms with Crippen LogP contribution < -0.4 is 0 Å². The van der Waals surface area contributed by atoms with Crippen molar-refractivity contribution in [1.29, 1.82) is 0 Å². The van der Waals surface area contributed by atoms with Gasteiger partial charge in [0.15, 0.2) is 0 Å². The van der Waals surface area contributed by atoms with Crippen LogP contribution in [0, 0.1) is 0 Å². The first kappa shape index (κ1) is 42.2. The van der Waals surface area contributed by atoms with E-state index in [0.29, 0.717) is 0 Å². The third kappa shape index (κ3) is 7.52. The minimum atomic E-state index is -0.564. The number of aryl methyl sites for hydroxylation is 4. The second-order valence-electron chi connectivity index (χ2n) is 17.8. The number of nitrogens with zero attached hydrogens (tertiary/aromatic N) is 2. The summed E-state index contributed by atoms with van der Waals surface area (Å²) in [5.41, 5.74) is 15.6. The lowest BCUT2D eigenvalue weighted by Crippen LogP contribution is -2.29. The Morgan fingerprint density at radius 3 is 1.49 bits per heavy atom. The van der Waals surface area contributed by atoms with Gasteiger partial charge in [-0.15, -0.1) is 0 Å². The van der Waals surface area contributed by atoms with Crippen molar-refractivity contribution in [3.05, 3.63) is 152 Å². The van der Waals surface area contributed by atoms with Crippen LogP contribution in [0.15, 0.2) is 118 Å². The standard InChI is InChI=1S/C57H62Br2N2/c1-5-9-11-13-15-17-32-60-52-30-24-41(36-48(52)45-27-22-39(7-3)34-54(45)60)57(50-38-43(58)26-29-44(50)47-20-19-21-51(59)56(47)57)42-25-31-53-49(37-42)46-28-23-40(8-4)35-55(46)61(53)33-18-16-14-12-10-6-2/h19-31,34-38H,5-18,32-33H2,1-4H3. The first-order valence-electron chi connectivity index (χ1n) is 23.6. The van der Waals surface area contributed by atoms with Gasteiger partial charge in [0.2, 0.25) is 0 Å². The molecule has 1 aliphatic carbocycles. The summed E-state index contributed by atoms with van der Waals surface area (Å²) in [6.45, 7) is 11.3. The Morgan fingerprint density at radius 1 is 0.443 bits per heavy atom. The van der Waals surface area contributed by atoms with Gasteiger partial charge in [0.25, 0.3) is 0 Å².